The Morgan fingerprint density at radius 1 is 1.22 bits per heavy atom. The van der Waals surface area contributed by atoms with Crippen LogP contribution in [0.15, 0.2) is 48.5 Å². The van der Waals surface area contributed by atoms with Crippen LogP contribution in [0.4, 0.5) is 5.69 Å². The van der Waals surface area contributed by atoms with Gasteiger partial charge in [0.05, 0.1) is 0 Å². The lowest BCUT2D eigenvalue weighted by molar-refractivity contribution is -0.134. The van der Waals surface area contributed by atoms with Crippen molar-refractivity contribution in [1.29, 1.82) is 0 Å². The second kappa shape index (κ2) is 8.80. The summed E-state index contributed by atoms with van der Waals surface area (Å²) in [5.74, 6) is 0.849. The van der Waals surface area contributed by atoms with Gasteiger partial charge in [0.25, 0.3) is 5.91 Å². The molecule has 3 rings (SSSR count). The molecule has 1 saturated heterocycles. The highest BCUT2D eigenvalue weighted by Gasteiger charge is 2.24. The lowest BCUT2D eigenvalue weighted by atomic mass is 10.0. The van der Waals surface area contributed by atoms with Gasteiger partial charge in [-0.15, -0.1) is 0 Å². The number of para-hydroxylation sites is 2. The van der Waals surface area contributed by atoms with E-state index in [4.69, 9.17) is 4.74 Å². The molecule has 0 saturated carbocycles. The number of nitrogens with zero attached hydrogens (tertiary/aromatic N) is 1. The second-order valence-electron chi connectivity index (χ2n) is 7.36. The number of hydrogen-bond acceptors (Lipinski definition) is 4. The van der Waals surface area contributed by atoms with Gasteiger partial charge in [-0.2, -0.15) is 0 Å². The standard InChI is InChI=1S/C22H28N2O3/c1-16(2)17-9-11-18(12-10-17)23-19-6-5-13-24(14-19)22(26)15-27-21-8-4-3-7-20(21)25/h3-4,7-12,16,19,23,25H,5-6,13-15H2,1-2H3/t19-/m0/s1. The van der Waals surface area contributed by atoms with E-state index in [9.17, 15) is 9.90 Å². The number of phenols is 1. The summed E-state index contributed by atoms with van der Waals surface area (Å²) in [5, 5.41) is 13.3. The maximum atomic E-state index is 12.5. The monoisotopic (exact) mass is 368 g/mol. The molecule has 2 aromatic rings. The number of ether oxygens (including phenoxy) is 1. The zero-order valence-corrected chi connectivity index (χ0v) is 16.0. The number of hydrogen-bond donors (Lipinski definition) is 2. The Kier molecular flexibility index (Phi) is 6.22. The molecule has 1 aliphatic rings. The number of carbonyl (C=O) groups excluding carboxylic acids is 1. The minimum atomic E-state index is -0.0621. The van der Waals surface area contributed by atoms with E-state index in [1.807, 2.05) is 4.90 Å². The average molecular weight is 368 g/mol. The van der Waals surface area contributed by atoms with E-state index in [1.165, 1.54) is 5.56 Å². The highest BCUT2D eigenvalue weighted by Crippen LogP contribution is 2.24. The van der Waals surface area contributed by atoms with Crippen molar-refractivity contribution in [2.24, 2.45) is 0 Å². The molecule has 0 bridgehead atoms. The van der Waals surface area contributed by atoms with Crippen LogP contribution in [0.3, 0.4) is 0 Å². The number of likely N-dealkylation sites (tertiary alicyclic amines) is 1. The predicted octanol–water partition coefficient (Wildman–Crippen LogP) is 4.00. The van der Waals surface area contributed by atoms with Crippen molar-refractivity contribution < 1.29 is 14.6 Å². The molecule has 0 spiro atoms. The van der Waals surface area contributed by atoms with Crippen LogP contribution in [0, 0.1) is 0 Å². The zero-order valence-electron chi connectivity index (χ0n) is 16.0. The first kappa shape index (κ1) is 19.1. The van der Waals surface area contributed by atoms with Gasteiger partial charge in [-0.1, -0.05) is 38.1 Å². The number of carbonyl (C=O) groups is 1. The Morgan fingerprint density at radius 2 is 1.96 bits per heavy atom. The third-order valence-corrected chi connectivity index (χ3v) is 4.94. The Bertz CT molecular complexity index is 758. The smallest absolute Gasteiger partial charge is 0.260 e. The zero-order chi connectivity index (χ0) is 19.2. The Hall–Kier alpha value is -2.69. The Labute approximate surface area is 161 Å². The summed E-state index contributed by atoms with van der Waals surface area (Å²) >= 11 is 0. The van der Waals surface area contributed by atoms with Crippen molar-refractivity contribution in [1.82, 2.24) is 4.90 Å². The van der Waals surface area contributed by atoms with Gasteiger partial charge >= 0.3 is 0 Å². The molecule has 0 radical (unpaired) electrons. The number of phenolic OH excluding ortho intramolecular Hbond substituents is 1. The molecular formula is C22H28N2O3. The van der Waals surface area contributed by atoms with E-state index in [0.29, 0.717) is 18.2 Å². The van der Waals surface area contributed by atoms with Crippen molar-refractivity contribution in [3.05, 3.63) is 54.1 Å². The average Bonchev–Trinajstić information content (AvgIpc) is 2.68. The van der Waals surface area contributed by atoms with Crippen LogP contribution < -0.4 is 10.1 Å². The molecule has 0 aliphatic carbocycles. The maximum absolute atomic E-state index is 12.5. The second-order valence-corrected chi connectivity index (χ2v) is 7.36. The number of piperidine rings is 1. The molecule has 0 unspecified atom stereocenters. The molecule has 0 aromatic heterocycles. The van der Waals surface area contributed by atoms with Gasteiger partial charge in [0.1, 0.15) is 0 Å². The molecule has 5 heteroatoms. The fourth-order valence-corrected chi connectivity index (χ4v) is 3.33. The molecule has 27 heavy (non-hydrogen) atoms. The lowest BCUT2D eigenvalue weighted by Gasteiger charge is -2.33. The van der Waals surface area contributed by atoms with Crippen molar-refractivity contribution in [3.8, 4) is 11.5 Å². The van der Waals surface area contributed by atoms with Gasteiger partial charge in [0.15, 0.2) is 18.1 Å². The summed E-state index contributed by atoms with van der Waals surface area (Å²) in [6.07, 6.45) is 2.00. The van der Waals surface area contributed by atoms with Crippen LogP contribution in [0.2, 0.25) is 0 Å². The summed E-state index contributed by atoms with van der Waals surface area (Å²) in [6, 6.07) is 15.4. The number of nitrogens with one attached hydrogen (secondary N) is 1. The minimum absolute atomic E-state index is 0.0494. The number of rotatable bonds is 6. The summed E-state index contributed by atoms with van der Waals surface area (Å²) in [7, 11) is 0. The summed E-state index contributed by atoms with van der Waals surface area (Å²) in [6.45, 7) is 5.71. The highest BCUT2D eigenvalue weighted by molar-refractivity contribution is 5.78. The summed E-state index contributed by atoms with van der Waals surface area (Å²) < 4.78 is 5.48. The van der Waals surface area contributed by atoms with Gasteiger partial charge in [0, 0.05) is 24.8 Å². The van der Waals surface area contributed by atoms with Gasteiger partial charge in [-0.05, 0) is 48.6 Å². The molecule has 1 amide bonds. The van der Waals surface area contributed by atoms with Gasteiger partial charge in [-0.3, -0.25) is 4.79 Å². The normalized spacial score (nSPS) is 17.0. The first-order valence-electron chi connectivity index (χ1n) is 9.58. The van der Waals surface area contributed by atoms with Crippen LogP contribution in [-0.2, 0) is 4.79 Å². The van der Waals surface area contributed by atoms with E-state index in [0.717, 1.165) is 25.1 Å². The van der Waals surface area contributed by atoms with Crippen LogP contribution in [0.5, 0.6) is 11.5 Å². The van der Waals surface area contributed by atoms with E-state index in [-0.39, 0.29) is 24.3 Å². The number of benzene rings is 2. The quantitative estimate of drug-likeness (QED) is 0.809. The summed E-state index contributed by atoms with van der Waals surface area (Å²) in [5.41, 5.74) is 2.41. The summed E-state index contributed by atoms with van der Waals surface area (Å²) in [4.78, 5) is 14.3. The maximum Gasteiger partial charge on any atom is 0.260 e. The third-order valence-electron chi connectivity index (χ3n) is 4.94. The first-order chi connectivity index (χ1) is 13.0. The molecule has 2 aromatic carbocycles. The van der Waals surface area contributed by atoms with E-state index in [1.54, 1.807) is 24.3 Å². The number of anilines is 1. The van der Waals surface area contributed by atoms with Gasteiger partial charge < -0.3 is 20.1 Å². The molecule has 2 N–H and O–H groups in total. The van der Waals surface area contributed by atoms with Crippen molar-refractivity contribution in [2.45, 2.75) is 38.6 Å². The van der Waals surface area contributed by atoms with Crippen LogP contribution >= 0.6 is 0 Å². The molecule has 1 aliphatic heterocycles. The topological polar surface area (TPSA) is 61.8 Å². The van der Waals surface area contributed by atoms with Crippen molar-refractivity contribution in [3.63, 3.8) is 0 Å². The Balaban J connectivity index is 1.52. The van der Waals surface area contributed by atoms with Crippen LogP contribution in [0.1, 0.15) is 38.2 Å². The van der Waals surface area contributed by atoms with E-state index < -0.39 is 0 Å². The van der Waals surface area contributed by atoms with Crippen LogP contribution in [-0.4, -0.2) is 41.7 Å². The minimum Gasteiger partial charge on any atom is -0.504 e. The molecule has 1 heterocycles. The molecule has 5 nitrogen and oxygen atoms in total. The van der Waals surface area contributed by atoms with Crippen LogP contribution in [0.25, 0.3) is 0 Å². The molecule has 1 atom stereocenters. The van der Waals surface area contributed by atoms with E-state index in [2.05, 4.69) is 43.4 Å². The lowest BCUT2D eigenvalue weighted by Crippen LogP contribution is -2.46. The fourth-order valence-electron chi connectivity index (χ4n) is 3.33. The van der Waals surface area contributed by atoms with Crippen molar-refractivity contribution >= 4 is 11.6 Å². The van der Waals surface area contributed by atoms with Crippen molar-refractivity contribution in [2.75, 3.05) is 25.0 Å². The third kappa shape index (κ3) is 5.16. The first-order valence-corrected chi connectivity index (χ1v) is 9.58. The van der Waals surface area contributed by atoms with Gasteiger partial charge in [-0.25, -0.2) is 0 Å². The molecule has 1 fully saturated rings. The SMILES string of the molecule is CC(C)c1ccc(N[C@H]2CCCN(C(=O)COc3ccccc3O)C2)cc1. The molecular weight excluding hydrogens is 340 g/mol. The van der Waals surface area contributed by atoms with E-state index >= 15 is 0 Å². The highest BCUT2D eigenvalue weighted by atomic mass is 16.5. The number of aromatic hydroxyl groups is 1. The van der Waals surface area contributed by atoms with Gasteiger partial charge in [0.2, 0.25) is 0 Å². The number of amides is 1. The molecule has 144 valence electrons. The Morgan fingerprint density at radius 3 is 2.67 bits per heavy atom. The predicted molar refractivity (Wildman–Crippen MR) is 107 cm³/mol. The fraction of sp³-hybridized carbons (Fsp3) is 0.409. The largest absolute Gasteiger partial charge is 0.504 e.